The number of hydrogen-bond donors (Lipinski definition) is 3. The third-order valence-electron chi connectivity index (χ3n) is 2.80. The molecule has 1 aromatic heterocycles. The number of hydrogen-bond acceptors (Lipinski definition) is 4. The summed E-state index contributed by atoms with van der Waals surface area (Å²) in [7, 11) is 0. The molecule has 6 heteroatoms. The highest BCUT2D eigenvalue weighted by molar-refractivity contribution is 5.99. The number of H-pyrrole nitrogens is 1. The van der Waals surface area contributed by atoms with Crippen LogP contribution in [-0.2, 0) is 4.89 Å². The van der Waals surface area contributed by atoms with Gasteiger partial charge in [-0.15, -0.1) is 0 Å². The molecule has 1 amide bonds. The molecular formula is C11H8N2O4. The fourth-order valence-corrected chi connectivity index (χ4v) is 2.02. The summed E-state index contributed by atoms with van der Waals surface area (Å²) in [4.78, 5) is 30.6. The normalized spacial score (nSPS) is 18.2. The van der Waals surface area contributed by atoms with E-state index >= 15 is 0 Å². The van der Waals surface area contributed by atoms with E-state index in [0.717, 1.165) is 0 Å². The minimum absolute atomic E-state index is 0.108. The maximum atomic E-state index is 12.1. The predicted octanol–water partition coefficient (Wildman–Crippen LogP) is 0.760. The lowest BCUT2D eigenvalue weighted by atomic mass is 10.1. The van der Waals surface area contributed by atoms with Crippen LogP contribution in [-0.4, -0.2) is 16.1 Å². The van der Waals surface area contributed by atoms with Crippen LogP contribution in [0.4, 0.5) is 0 Å². The van der Waals surface area contributed by atoms with Crippen LogP contribution in [0, 0.1) is 0 Å². The standard InChI is InChI=1S/C11H8N2O4/c14-9-5-3-1-2-4-6(5)12-8-7(9)11(17-16)13-10(8)15/h1-4,11,16H,(H,12,14)(H,13,15). The number of fused-ring (bicyclic) bond motifs is 2. The molecular weight excluding hydrogens is 224 g/mol. The first-order chi connectivity index (χ1) is 8.22. The molecule has 3 rings (SSSR count). The molecule has 17 heavy (non-hydrogen) atoms. The summed E-state index contributed by atoms with van der Waals surface area (Å²) in [5.74, 6) is -0.470. The molecule has 1 atom stereocenters. The van der Waals surface area contributed by atoms with Gasteiger partial charge in [0.1, 0.15) is 5.69 Å². The Hall–Kier alpha value is -2.18. The van der Waals surface area contributed by atoms with Crippen molar-refractivity contribution in [1.82, 2.24) is 10.3 Å². The highest BCUT2D eigenvalue weighted by Gasteiger charge is 2.33. The maximum absolute atomic E-state index is 12.1. The molecule has 1 aliphatic heterocycles. The molecule has 6 nitrogen and oxygen atoms in total. The molecule has 0 spiro atoms. The molecule has 0 saturated carbocycles. The summed E-state index contributed by atoms with van der Waals surface area (Å²) in [6.45, 7) is 0. The zero-order valence-corrected chi connectivity index (χ0v) is 8.56. The first kappa shape index (κ1) is 10.0. The van der Waals surface area contributed by atoms with E-state index in [1.807, 2.05) is 0 Å². The van der Waals surface area contributed by atoms with Crippen LogP contribution >= 0.6 is 0 Å². The Balaban J connectivity index is 2.43. The van der Waals surface area contributed by atoms with Gasteiger partial charge in [0.25, 0.3) is 5.91 Å². The van der Waals surface area contributed by atoms with Crippen LogP contribution in [0.1, 0.15) is 22.3 Å². The van der Waals surface area contributed by atoms with Crippen molar-refractivity contribution in [2.45, 2.75) is 6.23 Å². The van der Waals surface area contributed by atoms with E-state index in [0.29, 0.717) is 10.9 Å². The Morgan fingerprint density at radius 3 is 2.76 bits per heavy atom. The number of carbonyl (C=O) groups is 1. The molecule has 0 fully saturated rings. The largest absolute Gasteiger partial charge is 0.350 e. The molecule has 0 bridgehead atoms. The maximum Gasteiger partial charge on any atom is 0.270 e. The topological polar surface area (TPSA) is 91.4 Å². The summed E-state index contributed by atoms with van der Waals surface area (Å²) in [5.41, 5.74) is 0.487. The lowest BCUT2D eigenvalue weighted by Crippen LogP contribution is -2.22. The van der Waals surface area contributed by atoms with Crippen LogP contribution in [0.25, 0.3) is 10.9 Å². The summed E-state index contributed by atoms with van der Waals surface area (Å²) in [6, 6.07) is 6.84. The van der Waals surface area contributed by atoms with Gasteiger partial charge in [-0.1, -0.05) is 12.1 Å². The second-order valence-electron chi connectivity index (χ2n) is 3.75. The molecule has 2 aromatic rings. The number of benzene rings is 1. The number of para-hydroxylation sites is 1. The first-order valence-corrected chi connectivity index (χ1v) is 4.98. The average Bonchev–Trinajstić information content (AvgIpc) is 2.67. The van der Waals surface area contributed by atoms with Crippen LogP contribution < -0.4 is 10.7 Å². The van der Waals surface area contributed by atoms with Crippen LogP contribution in [0.2, 0.25) is 0 Å². The second-order valence-corrected chi connectivity index (χ2v) is 3.75. The highest BCUT2D eigenvalue weighted by Crippen LogP contribution is 2.23. The van der Waals surface area contributed by atoms with Crippen molar-refractivity contribution in [2.75, 3.05) is 0 Å². The molecule has 86 valence electrons. The number of pyridine rings is 1. The van der Waals surface area contributed by atoms with Crippen LogP contribution in [0.3, 0.4) is 0 Å². The lowest BCUT2D eigenvalue weighted by Gasteiger charge is -2.06. The number of carbonyl (C=O) groups excluding carboxylic acids is 1. The minimum atomic E-state index is -1.11. The van der Waals surface area contributed by atoms with Gasteiger partial charge in [0.2, 0.25) is 0 Å². The van der Waals surface area contributed by atoms with Gasteiger partial charge in [-0.2, -0.15) is 0 Å². The van der Waals surface area contributed by atoms with Gasteiger partial charge in [0, 0.05) is 10.9 Å². The third kappa shape index (κ3) is 1.28. The fourth-order valence-electron chi connectivity index (χ4n) is 2.02. The molecule has 1 aromatic carbocycles. The zero-order chi connectivity index (χ0) is 12.0. The molecule has 3 N–H and O–H groups in total. The van der Waals surface area contributed by atoms with E-state index in [9.17, 15) is 9.59 Å². The Morgan fingerprint density at radius 1 is 1.24 bits per heavy atom. The average molecular weight is 232 g/mol. The Bertz CT molecular complexity index is 677. The summed E-state index contributed by atoms with van der Waals surface area (Å²) >= 11 is 0. The summed E-state index contributed by atoms with van der Waals surface area (Å²) < 4.78 is 0. The SMILES string of the molecule is O=C1NC(OO)c2c1[nH]c1ccccc1c2=O. The Labute approximate surface area is 94.8 Å². The fraction of sp³-hybridized carbons (Fsp3) is 0.0909. The Kier molecular flexibility index (Phi) is 2.01. The quantitative estimate of drug-likeness (QED) is 0.500. The van der Waals surface area contributed by atoms with Crippen molar-refractivity contribution >= 4 is 16.8 Å². The highest BCUT2D eigenvalue weighted by atomic mass is 17.1. The first-order valence-electron chi connectivity index (χ1n) is 4.98. The van der Waals surface area contributed by atoms with E-state index in [4.69, 9.17) is 5.26 Å². The lowest BCUT2D eigenvalue weighted by molar-refractivity contribution is -0.285. The van der Waals surface area contributed by atoms with E-state index in [1.54, 1.807) is 24.3 Å². The zero-order valence-electron chi connectivity index (χ0n) is 8.56. The van der Waals surface area contributed by atoms with Gasteiger partial charge in [-0.25, -0.2) is 10.1 Å². The Morgan fingerprint density at radius 2 is 2.00 bits per heavy atom. The molecule has 1 aliphatic rings. The van der Waals surface area contributed by atoms with E-state index in [1.165, 1.54) is 0 Å². The predicted molar refractivity (Wildman–Crippen MR) is 58.5 cm³/mol. The minimum Gasteiger partial charge on any atom is -0.350 e. The third-order valence-corrected chi connectivity index (χ3v) is 2.80. The van der Waals surface area contributed by atoms with Crippen molar-refractivity contribution in [3.8, 4) is 0 Å². The van der Waals surface area contributed by atoms with Crippen molar-refractivity contribution < 1.29 is 14.9 Å². The van der Waals surface area contributed by atoms with Gasteiger partial charge in [0.15, 0.2) is 11.7 Å². The molecule has 0 saturated heterocycles. The van der Waals surface area contributed by atoms with Gasteiger partial charge in [0.05, 0.1) is 5.56 Å². The van der Waals surface area contributed by atoms with E-state index in [2.05, 4.69) is 15.2 Å². The molecule has 0 radical (unpaired) electrons. The number of nitrogens with one attached hydrogen (secondary N) is 2. The summed E-state index contributed by atoms with van der Waals surface area (Å²) in [6.07, 6.45) is -1.11. The summed E-state index contributed by atoms with van der Waals surface area (Å²) in [5, 5.41) is 11.5. The van der Waals surface area contributed by atoms with Crippen molar-refractivity contribution in [3.05, 3.63) is 45.7 Å². The monoisotopic (exact) mass is 232 g/mol. The van der Waals surface area contributed by atoms with Crippen LogP contribution in [0.5, 0.6) is 0 Å². The smallest absolute Gasteiger partial charge is 0.270 e. The van der Waals surface area contributed by atoms with Crippen molar-refractivity contribution in [2.24, 2.45) is 0 Å². The van der Waals surface area contributed by atoms with Crippen molar-refractivity contribution in [1.29, 1.82) is 0 Å². The van der Waals surface area contributed by atoms with Crippen molar-refractivity contribution in [3.63, 3.8) is 0 Å². The molecule has 0 aliphatic carbocycles. The second kappa shape index (κ2) is 3.41. The molecule has 1 unspecified atom stereocenters. The van der Waals surface area contributed by atoms with Gasteiger partial charge in [-0.3, -0.25) is 9.59 Å². The number of amides is 1. The van der Waals surface area contributed by atoms with Gasteiger partial charge in [-0.05, 0) is 12.1 Å². The van der Waals surface area contributed by atoms with Crippen LogP contribution in [0.15, 0.2) is 29.1 Å². The van der Waals surface area contributed by atoms with Gasteiger partial charge < -0.3 is 10.3 Å². The number of rotatable bonds is 1. The molecule has 2 heterocycles. The van der Waals surface area contributed by atoms with E-state index in [-0.39, 0.29) is 16.7 Å². The number of aromatic amines is 1. The van der Waals surface area contributed by atoms with Gasteiger partial charge >= 0.3 is 0 Å². The van der Waals surface area contributed by atoms with E-state index < -0.39 is 12.1 Å². The number of aromatic nitrogens is 1.